The summed E-state index contributed by atoms with van der Waals surface area (Å²) < 4.78 is 30.2. The highest BCUT2D eigenvalue weighted by molar-refractivity contribution is 5.79. The second-order valence-electron chi connectivity index (χ2n) is 4.14. The van der Waals surface area contributed by atoms with Gasteiger partial charge < -0.3 is 14.9 Å². The molecule has 0 aliphatic rings. The van der Waals surface area contributed by atoms with Gasteiger partial charge in [-0.15, -0.1) is 10.2 Å². The number of nitrogen functional groups attached to an aromatic ring is 1. The largest absolute Gasteiger partial charge is 0.369 e. The molecule has 19 heavy (non-hydrogen) atoms. The number of rotatable bonds is 2. The molecule has 0 bridgehead atoms. The Bertz CT molecular complexity index is 760. The Morgan fingerprint density at radius 3 is 2.79 bits per heavy atom. The van der Waals surface area contributed by atoms with E-state index < -0.39 is 11.6 Å². The van der Waals surface area contributed by atoms with Crippen molar-refractivity contribution < 1.29 is 8.78 Å². The molecule has 0 radical (unpaired) electrons. The van der Waals surface area contributed by atoms with Crippen molar-refractivity contribution in [3.8, 4) is 0 Å². The third-order valence-electron chi connectivity index (χ3n) is 2.93. The van der Waals surface area contributed by atoms with Crippen LogP contribution in [0.5, 0.6) is 0 Å². The molecule has 0 amide bonds. The summed E-state index contributed by atoms with van der Waals surface area (Å²) in [5.41, 5.74) is 6.08. The number of hydrogen-bond acceptors (Lipinski definition) is 4. The molecule has 0 spiro atoms. The van der Waals surface area contributed by atoms with Gasteiger partial charge in [0.2, 0.25) is 5.95 Å². The van der Waals surface area contributed by atoms with Gasteiger partial charge in [-0.1, -0.05) is 0 Å². The second-order valence-corrected chi connectivity index (χ2v) is 4.14. The van der Waals surface area contributed by atoms with Crippen molar-refractivity contribution in [1.82, 2.24) is 24.3 Å². The summed E-state index contributed by atoms with van der Waals surface area (Å²) in [4.78, 5) is 4.00. The van der Waals surface area contributed by atoms with E-state index in [9.17, 15) is 8.78 Å². The van der Waals surface area contributed by atoms with Gasteiger partial charge >= 0.3 is 0 Å². The van der Waals surface area contributed by atoms with E-state index >= 15 is 0 Å². The van der Waals surface area contributed by atoms with E-state index in [2.05, 4.69) is 15.2 Å². The van der Waals surface area contributed by atoms with Gasteiger partial charge in [0.1, 0.15) is 11.8 Å². The third kappa shape index (κ3) is 1.72. The number of hydrogen-bond donors (Lipinski definition) is 1. The monoisotopic (exact) mass is 264 g/mol. The van der Waals surface area contributed by atoms with Gasteiger partial charge in [-0.25, -0.2) is 13.8 Å². The van der Waals surface area contributed by atoms with Crippen molar-refractivity contribution in [2.45, 2.75) is 6.54 Å². The quantitative estimate of drug-likeness (QED) is 0.751. The zero-order valence-electron chi connectivity index (χ0n) is 10.0. The maximum absolute atomic E-state index is 13.9. The highest BCUT2D eigenvalue weighted by Gasteiger charge is 2.17. The van der Waals surface area contributed by atoms with Crippen molar-refractivity contribution in [3.05, 3.63) is 35.9 Å². The Kier molecular flexibility index (Phi) is 2.44. The molecule has 2 aromatic heterocycles. The van der Waals surface area contributed by atoms with Crippen LogP contribution in [0.25, 0.3) is 11.0 Å². The molecular formula is C11H10F2N6. The van der Waals surface area contributed by atoms with Crippen LogP contribution in [0.1, 0.15) is 5.82 Å². The van der Waals surface area contributed by atoms with Crippen LogP contribution in [0.15, 0.2) is 18.5 Å². The summed E-state index contributed by atoms with van der Waals surface area (Å²) in [7, 11) is 1.75. The first-order valence-corrected chi connectivity index (χ1v) is 5.50. The van der Waals surface area contributed by atoms with Crippen LogP contribution in [0, 0.1) is 11.6 Å². The zero-order valence-corrected chi connectivity index (χ0v) is 10.0. The van der Waals surface area contributed by atoms with Crippen LogP contribution in [-0.2, 0) is 13.6 Å². The molecule has 8 heteroatoms. The Balaban J connectivity index is 2.20. The summed E-state index contributed by atoms with van der Waals surface area (Å²) in [6.07, 6.45) is 1.52. The van der Waals surface area contributed by atoms with Crippen molar-refractivity contribution in [2.75, 3.05) is 5.73 Å². The molecule has 3 aromatic rings. The molecule has 0 aliphatic heterocycles. The van der Waals surface area contributed by atoms with E-state index in [4.69, 9.17) is 5.73 Å². The minimum Gasteiger partial charge on any atom is -0.369 e. The minimum atomic E-state index is -0.969. The number of aryl methyl sites for hydroxylation is 1. The number of nitrogens with zero attached hydrogens (tertiary/aromatic N) is 5. The molecule has 0 saturated carbocycles. The lowest BCUT2D eigenvalue weighted by Gasteiger charge is -2.06. The summed E-state index contributed by atoms with van der Waals surface area (Å²) in [5, 5.41) is 7.61. The van der Waals surface area contributed by atoms with Gasteiger partial charge in [0.05, 0.1) is 12.1 Å². The minimum absolute atomic E-state index is 0.0282. The maximum atomic E-state index is 13.9. The molecule has 1 aromatic carbocycles. The van der Waals surface area contributed by atoms with E-state index in [1.165, 1.54) is 17.0 Å². The molecule has 3 rings (SSSR count). The number of anilines is 1. The van der Waals surface area contributed by atoms with E-state index in [1.807, 2.05) is 0 Å². The summed E-state index contributed by atoms with van der Waals surface area (Å²) >= 11 is 0. The van der Waals surface area contributed by atoms with Gasteiger partial charge in [-0.05, 0) is 12.1 Å². The third-order valence-corrected chi connectivity index (χ3v) is 2.93. The average Bonchev–Trinajstić information content (AvgIpc) is 2.91. The fourth-order valence-corrected chi connectivity index (χ4v) is 1.93. The van der Waals surface area contributed by atoms with Crippen molar-refractivity contribution >= 4 is 17.0 Å². The first kappa shape index (κ1) is 11.6. The predicted molar refractivity (Wildman–Crippen MR) is 64.2 cm³/mol. The Morgan fingerprint density at radius 2 is 2.11 bits per heavy atom. The van der Waals surface area contributed by atoms with Crippen LogP contribution in [0.4, 0.5) is 14.7 Å². The lowest BCUT2D eigenvalue weighted by molar-refractivity contribution is 0.512. The number of halogens is 2. The number of benzene rings is 1. The standard InChI is InChI=1S/C11H10F2N6/c1-18-5-15-17-8(18)4-19-10-7(16-11(19)14)3-2-6(12)9(10)13/h2-3,5H,4H2,1H3,(H2,14,16). The zero-order chi connectivity index (χ0) is 13.6. The molecule has 0 atom stereocenters. The van der Waals surface area contributed by atoms with E-state index in [-0.39, 0.29) is 18.0 Å². The smallest absolute Gasteiger partial charge is 0.201 e. The lowest BCUT2D eigenvalue weighted by Crippen LogP contribution is -2.09. The van der Waals surface area contributed by atoms with Crippen LogP contribution in [0.3, 0.4) is 0 Å². The van der Waals surface area contributed by atoms with Gasteiger partial charge in [-0.3, -0.25) is 0 Å². The average molecular weight is 264 g/mol. The maximum Gasteiger partial charge on any atom is 0.201 e. The van der Waals surface area contributed by atoms with Gasteiger partial charge in [0.15, 0.2) is 17.5 Å². The summed E-state index contributed by atoms with van der Waals surface area (Å²) in [5.74, 6) is -1.24. The number of fused-ring (bicyclic) bond motifs is 1. The molecule has 0 unspecified atom stereocenters. The van der Waals surface area contributed by atoms with Crippen molar-refractivity contribution in [3.63, 3.8) is 0 Å². The topological polar surface area (TPSA) is 74.5 Å². The van der Waals surface area contributed by atoms with Crippen LogP contribution in [-0.4, -0.2) is 24.3 Å². The molecule has 2 heterocycles. The van der Waals surface area contributed by atoms with E-state index in [0.29, 0.717) is 11.3 Å². The van der Waals surface area contributed by atoms with E-state index in [0.717, 1.165) is 6.07 Å². The van der Waals surface area contributed by atoms with Gasteiger partial charge in [0.25, 0.3) is 0 Å². The van der Waals surface area contributed by atoms with Crippen molar-refractivity contribution in [2.24, 2.45) is 7.05 Å². The Hall–Kier alpha value is -2.51. The first-order chi connectivity index (χ1) is 9.08. The normalized spacial score (nSPS) is 11.3. The highest BCUT2D eigenvalue weighted by atomic mass is 19.2. The predicted octanol–water partition coefficient (Wildman–Crippen LogP) is 1.07. The Labute approximate surface area is 106 Å². The molecule has 2 N–H and O–H groups in total. The summed E-state index contributed by atoms with van der Waals surface area (Å²) in [6, 6.07) is 2.41. The molecule has 0 saturated heterocycles. The molecule has 98 valence electrons. The SMILES string of the molecule is Cn1cnnc1Cn1c(N)nc2ccc(F)c(F)c21. The van der Waals surface area contributed by atoms with Gasteiger partial charge in [-0.2, -0.15) is 0 Å². The van der Waals surface area contributed by atoms with Gasteiger partial charge in [0, 0.05) is 7.05 Å². The molecule has 0 aliphatic carbocycles. The Morgan fingerprint density at radius 1 is 1.32 bits per heavy atom. The fraction of sp³-hybridized carbons (Fsp3) is 0.182. The van der Waals surface area contributed by atoms with Crippen molar-refractivity contribution in [1.29, 1.82) is 0 Å². The number of nitrogens with two attached hydrogens (primary N) is 1. The van der Waals surface area contributed by atoms with Crippen LogP contribution in [0.2, 0.25) is 0 Å². The molecular weight excluding hydrogens is 254 g/mol. The highest BCUT2D eigenvalue weighted by Crippen LogP contribution is 2.23. The van der Waals surface area contributed by atoms with Crippen LogP contribution >= 0.6 is 0 Å². The number of aromatic nitrogens is 5. The molecule has 0 fully saturated rings. The lowest BCUT2D eigenvalue weighted by atomic mass is 10.3. The van der Waals surface area contributed by atoms with E-state index in [1.54, 1.807) is 11.6 Å². The first-order valence-electron chi connectivity index (χ1n) is 5.50. The fourth-order valence-electron chi connectivity index (χ4n) is 1.93. The number of imidazole rings is 1. The summed E-state index contributed by atoms with van der Waals surface area (Å²) in [6.45, 7) is 0.166. The molecule has 6 nitrogen and oxygen atoms in total. The van der Waals surface area contributed by atoms with Crippen LogP contribution < -0.4 is 5.73 Å². The second kappa shape index (κ2) is 4.01.